The van der Waals surface area contributed by atoms with Crippen LogP contribution in [0, 0.1) is 0 Å². The quantitative estimate of drug-likeness (QED) is 0.0211. The van der Waals surface area contributed by atoms with Crippen molar-refractivity contribution in [1.82, 2.24) is 0 Å². The fourth-order valence-corrected chi connectivity index (χ4v) is 9.20. The van der Waals surface area contributed by atoms with Crippen molar-refractivity contribution in [2.24, 2.45) is 0 Å². The zero-order valence-corrected chi connectivity index (χ0v) is 46.5. The van der Waals surface area contributed by atoms with Crippen LogP contribution in [0.3, 0.4) is 0 Å². The van der Waals surface area contributed by atoms with Gasteiger partial charge in [-0.2, -0.15) is 0 Å². The van der Waals surface area contributed by atoms with Crippen molar-refractivity contribution < 1.29 is 42.1 Å². The van der Waals surface area contributed by atoms with Gasteiger partial charge in [0.15, 0.2) is 6.10 Å². The van der Waals surface area contributed by atoms with E-state index in [0.29, 0.717) is 23.9 Å². The number of phosphoric acid groups is 1. The van der Waals surface area contributed by atoms with Gasteiger partial charge in [0.25, 0.3) is 0 Å². The lowest BCUT2D eigenvalue weighted by molar-refractivity contribution is -0.870. The number of hydrogen-bond acceptors (Lipinski definition) is 7. The fraction of sp³-hybridized carbons (Fsp3) is 0.897. The third kappa shape index (κ3) is 53.8. The molecule has 0 aromatic rings. The highest BCUT2D eigenvalue weighted by Gasteiger charge is 2.27. The summed E-state index contributed by atoms with van der Waals surface area (Å²) in [5.41, 5.74) is 0. The van der Waals surface area contributed by atoms with E-state index < -0.39 is 26.5 Å². The molecule has 0 aromatic heterocycles. The summed E-state index contributed by atoms with van der Waals surface area (Å²) in [7, 11) is 1.49. The first-order valence-corrected chi connectivity index (χ1v) is 30.6. The maximum atomic E-state index is 12.8. The number of carbonyl (C=O) groups excluding carboxylic acids is 2. The van der Waals surface area contributed by atoms with Crippen LogP contribution < -0.4 is 0 Å². The first kappa shape index (κ1) is 66.5. The Bertz CT molecular complexity index is 1200. The van der Waals surface area contributed by atoms with Crippen LogP contribution in [0.1, 0.15) is 284 Å². The van der Waals surface area contributed by atoms with Gasteiger partial charge in [-0.3, -0.25) is 18.6 Å². The monoisotopic (exact) mass is 983 g/mol. The lowest BCUT2D eigenvalue weighted by atomic mass is 10.0. The summed E-state index contributed by atoms with van der Waals surface area (Å²) in [4.78, 5) is 35.7. The first-order valence-electron chi connectivity index (χ1n) is 29.1. The van der Waals surface area contributed by atoms with Crippen molar-refractivity contribution in [3.8, 4) is 0 Å². The van der Waals surface area contributed by atoms with Crippen molar-refractivity contribution in [3.63, 3.8) is 0 Å². The average molecular weight is 984 g/mol. The summed E-state index contributed by atoms with van der Waals surface area (Å²) in [6.45, 7) is 4.47. The summed E-state index contributed by atoms with van der Waals surface area (Å²) >= 11 is 0. The number of allylic oxidation sites excluding steroid dienone is 4. The van der Waals surface area contributed by atoms with Crippen molar-refractivity contribution in [2.45, 2.75) is 290 Å². The summed E-state index contributed by atoms with van der Waals surface area (Å²) in [5.74, 6) is -0.782. The Morgan fingerprint density at radius 3 is 1.16 bits per heavy atom. The van der Waals surface area contributed by atoms with Crippen molar-refractivity contribution in [3.05, 3.63) is 24.3 Å². The Morgan fingerprint density at radius 2 is 0.794 bits per heavy atom. The Hall–Kier alpha value is -1.51. The normalized spacial score (nSPS) is 13.4. The highest BCUT2D eigenvalue weighted by Crippen LogP contribution is 2.43. The van der Waals surface area contributed by atoms with Gasteiger partial charge < -0.3 is 18.9 Å². The topological polar surface area (TPSA) is 108 Å². The first-order chi connectivity index (χ1) is 33.0. The predicted octanol–water partition coefficient (Wildman–Crippen LogP) is 17.8. The number of nitrogens with zero attached hydrogens (tertiary/aromatic N) is 1. The van der Waals surface area contributed by atoms with E-state index in [0.717, 1.165) is 38.5 Å². The van der Waals surface area contributed by atoms with Crippen LogP contribution in [0.5, 0.6) is 0 Å². The van der Waals surface area contributed by atoms with Gasteiger partial charge in [-0.05, 0) is 44.9 Å². The molecule has 2 unspecified atom stereocenters. The van der Waals surface area contributed by atoms with E-state index in [9.17, 15) is 19.0 Å². The summed E-state index contributed by atoms with van der Waals surface area (Å²) in [6, 6.07) is 0. The molecular formula is C58H113NO8P+. The van der Waals surface area contributed by atoms with Crippen LogP contribution in [0.25, 0.3) is 0 Å². The van der Waals surface area contributed by atoms with Gasteiger partial charge in [0.1, 0.15) is 19.8 Å². The summed E-state index contributed by atoms with van der Waals surface area (Å²) < 4.78 is 34.6. The van der Waals surface area contributed by atoms with Crippen LogP contribution in [-0.4, -0.2) is 74.9 Å². The number of carbonyl (C=O) groups is 2. The maximum absolute atomic E-state index is 12.8. The molecule has 0 rings (SSSR count). The minimum Gasteiger partial charge on any atom is -0.462 e. The molecule has 2 atom stereocenters. The van der Waals surface area contributed by atoms with Gasteiger partial charge >= 0.3 is 19.8 Å². The molecular weight excluding hydrogens is 870 g/mol. The molecule has 0 aromatic carbocycles. The number of rotatable bonds is 54. The molecule has 0 bridgehead atoms. The van der Waals surface area contributed by atoms with E-state index in [1.165, 1.54) is 212 Å². The largest absolute Gasteiger partial charge is 0.472 e. The second-order valence-electron chi connectivity index (χ2n) is 21.0. The van der Waals surface area contributed by atoms with Gasteiger partial charge in [0.2, 0.25) is 0 Å². The van der Waals surface area contributed by atoms with Crippen molar-refractivity contribution >= 4 is 19.8 Å². The van der Waals surface area contributed by atoms with E-state index in [2.05, 4.69) is 38.2 Å². The van der Waals surface area contributed by atoms with Crippen LogP contribution in [-0.2, 0) is 32.7 Å². The molecule has 0 heterocycles. The van der Waals surface area contributed by atoms with Gasteiger partial charge in [0, 0.05) is 12.8 Å². The predicted molar refractivity (Wildman–Crippen MR) is 289 cm³/mol. The molecule has 0 aliphatic carbocycles. The fourth-order valence-electron chi connectivity index (χ4n) is 8.46. The maximum Gasteiger partial charge on any atom is 0.472 e. The molecule has 1 N–H and O–H groups in total. The smallest absolute Gasteiger partial charge is 0.462 e. The molecule has 0 saturated heterocycles. The Morgan fingerprint density at radius 1 is 0.456 bits per heavy atom. The molecule has 0 saturated carbocycles. The molecule has 0 spiro atoms. The van der Waals surface area contributed by atoms with Crippen LogP contribution >= 0.6 is 7.82 Å². The van der Waals surface area contributed by atoms with Crippen LogP contribution in [0.4, 0.5) is 0 Å². The van der Waals surface area contributed by atoms with Gasteiger partial charge in [-0.1, -0.05) is 250 Å². The van der Waals surface area contributed by atoms with E-state index in [-0.39, 0.29) is 25.6 Å². The molecule has 0 amide bonds. The second kappa shape index (κ2) is 50.4. The Kier molecular flexibility index (Phi) is 49.3. The number of esters is 2. The van der Waals surface area contributed by atoms with E-state index in [1.807, 2.05) is 21.1 Å². The zero-order valence-electron chi connectivity index (χ0n) is 45.6. The van der Waals surface area contributed by atoms with Gasteiger partial charge in [0.05, 0.1) is 27.7 Å². The second-order valence-corrected chi connectivity index (χ2v) is 22.5. The molecule has 10 heteroatoms. The number of quaternary nitrogens is 1. The average Bonchev–Trinajstić information content (AvgIpc) is 3.30. The van der Waals surface area contributed by atoms with Crippen molar-refractivity contribution in [2.75, 3.05) is 47.5 Å². The molecule has 9 nitrogen and oxygen atoms in total. The lowest BCUT2D eigenvalue weighted by Crippen LogP contribution is -2.37. The Labute approximate surface area is 421 Å². The van der Waals surface area contributed by atoms with Gasteiger partial charge in [-0.15, -0.1) is 0 Å². The van der Waals surface area contributed by atoms with Crippen LogP contribution in [0.15, 0.2) is 24.3 Å². The summed E-state index contributed by atoms with van der Waals surface area (Å²) in [5, 5.41) is 0. The number of phosphoric ester groups is 1. The number of unbranched alkanes of at least 4 members (excludes halogenated alkanes) is 36. The molecule has 0 fully saturated rings. The number of hydrogen-bond donors (Lipinski definition) is 1. The zero-order chi connectivity index (χ0) is 49.9. The lowest BCUT2D eigenvalue weighted by Gasteiger charge is -2.24. The van der Waals surface area contributed by atoms with E-state index in [4.69, 9.17) is 18.5 Å². The highest BCUT2D eigenvalue weighted by atomic mass is 31.2. The van der Waals surface area contributed by atoms with E-state index >= 15 is 0 Å². The number of ether oxygens (including phenoxy) is 2. The molecule has 0 aliphatic rings. The Balaban J connectivity index is 4.13. The third-order valence-corrected chi connectivity index (χ3v) is 14.0. The standard InChI is InChI=1S/C58H112NO8P/c1-6-8-10-12-14-16-18-20-22-24-26-27-28-29-30-31-33-35-37-39-41-43-45-47-49-51-58(61)67-56(55-66-68(62,63)65-53-52-59(3,4)5)54-64-57(60)50-48-46-44-42-40-38-36-34-32-25-23-21-19-17-15-13-11-9-7-2/h18,20,24,26,56H,6-17,19,21-23,25,27-55H2,1-5H3/p+1/b20-18-,26-24-. The van der Waals surface area contributed by atoms with Crippen molar-refractivity contribution in [1.29, 1.82) is 0 Å². The molecule has 402 valence electrons. The van der Waals surface area contributed by atoms with Crippen LogP contribution in [0.2, 0.25) is 0 Å². The number of likely N-dealkylation sites (N-methyl/N-ethyl adjacent to an activating group) is 1. The minimum absolute atomic E-state index is 0.0345. The molecule has 0 aliphatic heterocycles. The summed E-state index contributed by atoms with van der Waals surface area (Å²) in [6.07, 6.45) is 59.5. The molecule has 68 heavy (non-hydrogen) atoms. The van der Waals surface area contributed by atoms with Gasteiger partial charge in [-0.25, -0.2) is 4.57 Å². The highest BCUT2D eigenvalue weighted by molar-refractivity contribution is 7.47. The SMILES string of the molecule is CCCCCCC/C=C\C/C=C\CCCCCCCCCCCCCCCC(=O)OC(COC(=O)CCCCCCCCCCCCCCCCCCCCC)COP(=O)(O)OCC[N+](C)(C)C. The minimum atomic E-state index is -4.38. The third-order valence-electron chi connectivity index (χ3n) is 13.0. The van der Waals surface area contributed by atoms with E-state index in [1.54, 1.807) is 0 Å². The molecule has 0 radical (unpaired) electrons.